The highest BCUT2D eigenvalue weighted by atomic mass is 32.2. The maximum atomic E-state index is 12.4. The van der Waals surface area contributed by atoms with Crippen LogP contribution in [-0.4, -0.2) is 67.5 Å². The summed E-state index contributed by atoms with van der Waals surface area (Å²) in [5.74, 6) is 0. The lowest BCUT2D eigenvalue weighted by Gasteiger charge is -2.38. The Kier molecular flexibility index (Phi) is 4.60. The van der Waals surface area contributed by atoms with Gasteiger partial charge in [-0.25, -0.2) is 0 Å². The Balaban J connectivity index is 2.07. The molecule has 2 atom stereocenters. The number of hydrogen-bond donors (Lipinski definition) is 2. The Hall–Kier alpha value is -0.210. The molecule has 2 aliphatic rings. The predicted molar refractivity (Wildman–Crippen MR) is 69.4 cm³/mol. The molecular weight excluding hydrogens is 254 g/mol. The highest BCUT2D eigenvalue weighted by Gasteiger charge is 2.36. The molecule has 0 bridgehead atoms. The molecule has 2 rings (SSSR count). The van der Waals surface area contributed by atoms with Gasteiger partial charge in [-0.2, -0.15) is 17.0 Å². The van der Waals surface area contributed by atoms with Gasteiger partial charge < -0.3 is 10.4 Å². The van der Waals surface area contributed by atoms with E-state index in [1.54, 1.807) is 7.05 Å². The third-order valence-corrected chi connectivity index (χ3v) is 5.94. The van der Waals surface area contributed by atoms with Gasteiger partial charge >= 0.3 is 0 Å². The molecule has 2 N–H and O–H groups in total. The molecule has 0 aromatic heterocycles. The Morgan fingerprint density at radius 1 is 1.22 bits per heavy atom. The molecule has 0 radical (unpaired) electrons. The predicted octanol–water partition coefficient (Wildman–Crippen LogP) is -0.628. The Bertz CT molecular complexity index is 368. The van der Waals surface area contributed by atoms with Crippen LogP contribution in [-0.2, 0) is 10.2 Å². The van der Waals surface area contributed by atoms with Crippen molar-refractivity contribution in [1.82, 2.24) is 13.9 Å². The molecule has 1 saturated heterocycles. The fraction of sp³-hybridized carbons (Fsp3) is 1.00. The number of nitrogens with one attached hydrogen (secondary N) is 1. The van der Waals surface area contributed by atoms with Gasteiger partial charge in [0.2, 0.25) is 0 Å². The van der Waals surface area contributed by atoms with E-state index in [2.05, 4.69) is 5.32 Å². The first-order valence-corrected chi connectivity index (χ1v) is 8.05. The van der Waals surface area contributed by atoms with E-state index in [4.69, 9.17) is 0 Å². The van der Waals surface area contributed by atoms with Crippen LogP contribution in [0.5, 0.6) is 0 Å². The zero-order valence-corrected chi connectivity index (χ0v) is 11.7. The molecule has 0 spiro atoms. The second kappa shape index (κ2) is 5.83. The van der Waals surface area contributed by atoms with E-state index in [9.17, 15) is 13.5 Å². The van der Waals surface area contributed by atoms with Crippen LogP contribution in [0.4, 0.5) is 0 Å². The largest absolute Gasteiger partial charge is 0.391 e. The van der Waals surface area contributed by atoms with Crippen LogP contribution in [0.15, 0.2) is 0 Å². The summed E-state index contributed by atoms with van der Waals surface area (Å²) in [7, 11) is -1.83. The molecule has 1 saturated carbocycles. The van der Waals surface area contributed by atoms with E-state index < -0.39 is 16.3 Å². The lowest BCUT2D eigenvalue weighted by atomic mass is 9.93. The van der Waals surface area contributed by atoms with Gasteiger partial charge in [0.15, 0.2) is 0 Å². The molecular formula is C11H23N3O3S. The third kappa shape index (κ3) is 2.85. The quantitative estimate of drug-likeness (QED) is 0.720. The van der Waals surface area contributed by atoms with Gasteiger partial charge in [0, 0.05) is 33.2 Å². The second-order valence-corrected chi connectivity index (χ2v) is 7.08. The van der Waals surface area contributed by atoms with E-state index in [0.717, 1.165) is 19.3 Å². The summed E-state index contributed by atoms with van der Waals surface area (Å²) in [4.78, 5) is 0. The van der Waals surface area contributed by atoms with E-state index in [1.807, 2.05) is 0 Å². The van der Waals surface area contributed by atoms with E-state index in [0.29, 0.717) is 32.6 Å². The van der Waals surface area contributed by atoms with Gasteiger partial charge in [0.25, 0.3) is 10.2 Å². The minimum atomic E-state index is -3.43. The summed E-state index contributed by atoms with van der Waals surface area (Å²) in [5.41, 5.74) is 0. The van der Waals surface area contributed by atoms with Crippen LogP contribution in [0.1, 0.15) is 25.7 Å². The molecule has 7 heteroatoms. The fourth-order valence-electron chi connectivity index (χ4n) is 2.74. The van der Waals surface area contributed by atoms with Gasteiger partial charge in [-0.05, 0) is 12.8 Å². The maximum absolute atomic E-state index is 12.4. The molecule has 0 amide bonds. The number of likely N-dealkylation sites (N-methyl/N-ethyl adjacent to an activating group) is 1. The van der Waals surface area contributed by atoms with Crippen molar-refractivity contribution in [3.05, 3.63) is 0 Å². The Labute approximate surface area is 109 Å². The monoisotopic (exact) mass is 277 g/mol. The molecule has 106 valence electrons. The first-order valence-electron chi connectivity index (χ1n) is 6.65. The van der Waals surface area contributed by atoms with Gasteiger partial charge in [-0.3, -0.25) is 0 Å². The lowest BCUT2D eigenvalue weighted by Crippen LogP contribution is -2.55. The lowest BCUT2D eigenvalue weighted by molar-refractivity contribution is 0.0611. The van der Waals surface area contributed by atoms with Gasteiger partial charge in [-0.15, -0.1) is 0 Å². The van der Waals surface area contributed by atoms with E-state index in [1.165, 1.54) is 8.61 Å². The van der Waals surface area contributed by atoms with Crippen molar-refractivity contribution in [2.24, 2.45) is 0 Å². The minimum absolute atomic E-state index is 0.265. The first kappa shape index (κ1) is 14.2. The van der Waals surface area contributed by atoms with Crippen molar-refractivity contribution in [3.63, 3.8) is 0 Å². The third-order valence-electron chi connectivity index (χ3n) is 3.93. The number of aliphatic hydroxyl groups is 1. The summed E-state index contributed by atoms with van der Waals surface area (Å²) in [6.45, 7) is 2.41. The summed E-state index contributed by atoms with van der Waals surface area (Å²) >= 11 is 0. The van der Waals surface area contributed by atoms with Crippen LogP contribution in [0.25, 0.3) is 0 Å². The van der Waals surface area contributed by atoms with Gasteiger partial charge in [0.05, 0.1) is 12.1 Å². The van der Waals surface area contributed by atoms with Crippen LogP contribution < -0.4 is 5.32 Å². The molecule has 2 unspecified atom stereocenters. The number of hydrogen-bond acceptors (Lipinski definition) is 4. The van der Waals surface area contributed by atoms with Gasteiger partial charge in [-0.1, -0.05) is 12.8 Å². The van der Waals surface area contributed by atoms with Crippen molar-refractivity contribution in [3.8, 4) is 0 Å². The van der Waals surface area contributed by atoms with Crippen LogP contribution >= 0.6 is 0 Å². The standard InChI is InChI=1S/C11H23N3O3S/c1-13(10-4-2-3-5-11(10)15)18(16,17)14-8-6-12-7-9-14/h10-12,15H,2-9H2,1H3. The highest BCUT2D eigenvalue weighted by Crippen LogP contribution is 2.25. The summed E-state index contributed by atoms with van der Waals surface area (Å²) in [6, 6.07) is -0.265. The fourth-order valence-corrected chi connectivity index (χ4v) is 4.34. The van der Waals surface area contributed by atoms with Crippen molar-refractivity contribution in [2.45, 2.75) is 37.8 Å². The normalized spacial score (nSPS) is 31.7. The number of rotatable bonds is 3. The number of aliphatic hydroxyl groups excluding tert-OH is 1. The van der Waals surface area contributed by atoms with Crippen molar-refractivity contribution >= 4 is 10.2 Å². The average Bonchev–Trinajstić information content (AvgIpc) is 2.39. The first-order chi connectivity index (χ1) is 8.53. The molecule has 0 aromatic carbocycles. The minimum Gasteiger partial charge on any atom is -0.391 e. The average molecular weight is 277 g/mol. The van der Waals surface area contributed by atoms with Crippen molar-refractivity contribution in [1.29, 1.82) is 0 Å². The van der Waals surface area contributed by atoms with Gasteiger partial charge in [0.1, 0.15) is 0 Å². The maximum Gasteiger partial charge on any atom is 0.282 e. The molecule has 0 aromatic rings. The van der Waals surface area contributed by atoms with Crippen molar-refractivity contribution in [2.75, 3.05) is 33.2 Å². The Morgan fingerprint density at radius 3 is 2.44 bits per heavy atom. The molecule has 2 fully saturated rings. The SMILES string of the molecule is CN(C1CCCCC1O)S(=O)(=O)N1CCNCC1. The smallest absolute Gasteiger partial charge is 0.282 e. The molecule has 18 heavy (non-hydrogen) atoms. The molecule has 6 nitrogen and oxygen atoms in total. The molecule has 1 heterocycles. The second-order valence-electron chi connectivity index (χ2n) is 5.09. The Morgan fingerprint density at radius 2 is 1.83 bits per heavy atom. The molecule has 1 aliphatic carbocycles. The van der Waals surface area contributed by atoms with Crippen molar-refractivity contribution < 1.29 is 13.5 Å². The van der Waals surface area contributed by atoms with E-state index in [-0.39, 0.29) is 6.04 Å². The zero-order valence-electron chi connectivity index (χ0n) is 10.9. The van der Waals surface area contributed by atoms with E-state index >= 15 is 0 Å². The number of piperazine rings is 1. The molecule has 1 aliphatic heterocycles. The van der Waals surface area contributed by atoms with Crippen LogP contribution in [0, 0.1) is 0 Å². The van der Waals surface area contributed by atoms with Crippen LogP contribution in [0.2, 0.25) is 0 Å². The zero-order chi connectivity index (χ0) is 13.2. The number of nitrogens with zero attached hydrogens (tertiary/aromatic N) is 2. The summed E-state index contributed by atoms with van der Waals surface area (Å²) < 4.78 is 27.8. The summed E-state index contributed by atoms with van der Waals surface area (Å²) in [5, 5.41) is 13.1. The topological polar surface area (TPSA) is 72.9 Å². The van der Waals surface area contributed by atoms with Crippen LogP contribution in [0.3, 0.4) is 0 Å². The highest BCUT2D eigenvalue weighted by molar-refractivity contribution is 7.86. The summed E-state index contributed by atoms with van der Waals surface area (Å²) in [6.07, 6.45) is 2.90.